The smallest absolute Gasteiger partial charge is 0.373 e. The quantitative estimate of drug-likeness (QED) is 0.375. The largest absolute Gasteiger partial charge is 0.463 e. The number of aryl methyl sites for hydroxylation is 3. The SMILES string of the molecule is COC(=O)c1ccc(CN2C(=O)SC(=Cc3cc(C)n(-c4cc(C)cc(C)c4)c3C)C2=O)o1. The molecule has 1 aliphatic rings. The van der Waals surface area contributed by atoms with E-state index in [2.05, 4.69) is 41.4 Å². The summed E-state index contributed by atoms with van der Waals surface area (Å²) in [6, 6.07) is 11.4. The molecule has 2 amide bonds. The predicted molar refractivity (Wildman–Crippen MR) is 126 cm³/mol. The predicted octanol–water partition coefficient (Wildman–Crippen LogP) is 5.33. The number of thioether (sulfide) groups is 1. The van der Waals surface area contributed by atoms with E-state index in [0.717, 1.165) is 39.3 Å². The third-order valence-electron chi connectivity index (χ3n) is 5.46. The number of rotatable bonds is 5. The van der Waals surface area contributed by atoms with Crippen molar-refractivity contribution >= 4 is 35.0 Å². The molecule has 0 bridgehead atoms. The third kappa shape index (κ3) is 4.39. The van der Waals surface area contributed by atoms with Crippen molar-refractivity contribution in [2.45, 2.75) is 34.2 Å². The van der Waals surface area contributed by atoms with Gasteiger partial charge in [-0.2, -0.15) is 0 Å². The normalized spacial score (nSPS) is 15.1. The van der Waals surface area contributed by atoms with E-state index < -0.39 is 11.9 Å². The molecular weight excluding hydrogens is 440 g/mol. The fourth-order valence-electron chi connectivity index (χ4n) is 4.02. The lowest BCUT2D eigenvalue weighted by Gasteiger charge is -2.12. The molecule has 170 valence electrons. The van der Waals surface area contributed by atoms with Crippen molar-refractivity contribution in [1.82, 2.24) is 9.47 Å². The first-order valence-corrected chi connectivity index (χ1v) is 11.2. The second-order valence-corrected chi connectivity index (χ2v) is 9.03. The standard InChI is InChI=1S/C25H24N2O5S/c1-14-8-15(2)10-19(9-14)27-16(3)11-18(17(27)4)12-22-23(28)26(25(30)33-22)13-20-6-7-21(32-20)24(29)31-5/h6-12H,13H2,1-5H3. The van der Waals surface area contributed by atoms with Crippen molar-refractivity contribution in [2.75, 3.05) is 7.11 Å². The summed E-state index contributed by atoms with van der Waals surface area (Å²) in [5.74, 6) is -0.660. The zero-order valence-corrected chi connectivity index (χ0v) is 19.9. The van der Waals surface area contributed by atoms with Crippen LogP contribution in [0.4, 0.5) is 4.79 Å². The minimum atomic E-state index is -0.616. The van der Waals surface area contributed by atoms with Crippen LogP contribution in [0.15, 0.2) is 45.7 Å². The summed E-state index contributed by atoms with van der Waals surface area (Å²) in [4.78, 5) is 38.5. The molecule has 4 rings (SSSR count). The summed E-state index contributed by atoms with van der Waals surface area (Å²) in [6.45, 7) is 8.09. The molecule has 0 spiro atoms. The molecule has 0 radical (unpaired) electrons. The van der Waals surface area contributed by atoms with E-state index in [-0.39, 0.29) is 17.5 Å². The molecule has 0 N–H and O–H groups in total. The Kier molecular flexibility index (Phi) is 6.03. The maximum absolute atomic E-state index is 13.0. The molecule has 1 saturated heterocycles. The van der Waals surface area contributed by atoms with Crippen LogP contribution in [0.25, 0.3) is 11.8 Å². The Morgan fingerprint density at radius 2 is 1.76 bits per heavy atom. The average Bonchev–Trinajstić information content (AvgIpc) is 3.40. The van der Waals surface area contributed by atoms with Crippen LogP contribution < -0.4 is 0 Å². The number of esters is 1. The zero-order valence-electron chi connectivity index (χ0n) is 19.1. The van der Waals surface area contributed by atoms with Gasteiger partial charge in [0.25, 0.3) is 11.1 Å². The van der Waals surface area contributed by atoms with Gasteiger partial charge in [0.15, 0.2) is 0 Å². The highest BCUT2D eigenvalue weighted by molar-refractivity contribution is 8.18. The van der Waals surface area contributed by atoms with Crippen molar-refractivity contribution < 1.29 is 23.5 Å². The van der Waals surface area contributed by atoms with Crippen LogP contribution >= 0.6 is 11.8 Å². The van der Waals surface area contributed by atoms with Crippen LogP contribution in [-0.2, 0) is 16.1 Å². The molecule has 7 nitrogen and oxygen atoms in total. The summed E-state index contributed by atoms with van der Waals surface area (Å²) in [6.07, 6.45) is 1.76. The number of carbonyl (C=O) groups excluding carboxylic acids is 3. The van der Waals surface area contributed by atoms with E-state index in [4.69, 9.17) is 4.42 Å². The summed E-state index contributed by atoms with van der Waals surface area (Å²) >= 11 is 0.894. The minimum absolute atomic E-state index is 0.0221. The number of methoxy groups -OCH3 is 1. The number of benzene rings is 1. The monoisotopic (exact) mass is 464 g/mol. The van der Waals surface area contributed by atoms with E-state index in [1.807, 2.05) is 19.9 Å². The molecule has 0 saturated carbocycles. The Morgan fingerprint density at radius 1 is 1.06 bits per heavy atom. The van der Waals surface area contributed by atoms with E-state index in [1.54, 1.807) is 12.1 Å². The first kappa shape index (κ1) is 22.7. The number of carbonyl (C=O) groups is 3. The molecule has 0 atom stereocenters. The summed E-state index contributed by atoms with van der Waals surface area (Å²) in [5, 5.41) is -0.384. The van der Waals surface area contributed by atoms with Gasteiger partial charge in [-0.05, 0) is 92.6 Å². The van der Waals surface area contributed by atoms with Gasteiger partial charge in [-0.1, -0.05) is 6.07 Å². The van der Waals surface area contributed by atoms with E-state index >= 15 is 0 Å². The number of hydrogen-bond donors (Lipinski definition) is 0. The van der Waals surface area contributed by atoms with Crippen LogP contribution in [-0.4, -0.2) is 33.7 Å². The summed E-state index contributed by atoms with van der Waals surface area (Å²) in [7, 11) is 1.25. The molecule has 1 fully saturated rings. The average molecular weight is 465 g/mol. The maximum atomic E-state index is 13.0. The van der Waals surface area contributed by atoms with Crippen LogP contribution in [0, 0.1) is 27.7 Å². The van der Waals surface area contributed by atoms with Crippen molar-refractivity contribution in [3.05, 3.63) is 80.9 Å². The van der Waals surface area contributed by atoms with Gasteiger partial charge >= 0.3 is 5.97 Å². The molecule has 8 heteroatoms. The molecular formula is C25H24N2O5S. The molecule has 0 aliphatic carbocycles. The zero-order chi connectivity index (χ0) is 23.9. The van der Waals surface area contributed by atoms with Crippen LogP contribution in [0.1, 0.15) is 44.4 Å². The van der Waals surface area contributed by atoms with E-state index in [1.165, 1.54) is 24.3 Å². The van der Waals surface area contributed by atoms with Gasteiger partial charge in [-0.15, -0.1) is 0 Å². The van der Waals surface area contributed by atoms with Crippen LogP contribution in [0.3, 0.4) is 0 Å². The fraction of sp³-hybridized carbons (Fsp3) is 0.240. The van der Waals surface area contributed by atoms with Gasteiger partial charge < -0.3 is 13.7 Å². The summed E-state index contributed by atoms with van der Waals surface area (Å²) < 4.78 is 12.2. The van der Waals surface area contributed by atoms with Gasteiger partial charge in [0.05, 0.1) is 18.6 Å². The van der Waals surface area contributed by atoms with Gasteiger partial charge in [0, 0.05) is 17.1 Å². The summed E-state index contributed by atoms with van der Waals surface area (Å²) in [5.41, 5.74) is 6.31. The highest BCUT2D eigenvalue weighted by Crippen LogP contribution is 2.35. The van der Waals surface area contributed by atoms with Crippen molar-refractivity contribution in [3.63, 3.8) is 0 Å². The van der Waals surface area contributed by atoms with E-state index in [9.17, 15) is 14.4 Å². The van der Waals surface area contributed by atoms with Crippen LogP contribution in [0.2, 0.25) is 0 Å². The highest BCUT2D eigenvalue weighted by atomic mass is 32.2. The first-order chi connectivity index (χ1) is 15.7. The topological polar surface area (TPSA) is 81.8 Å². The lowest BCUT2D eigenvalue weighted by molar-refractivity contribution is -0.123. The Hall–Kier alpha value is -3.52. The highest BCUT2D eigenvalue weighted by Gasteiger charge is 2.36. The molecule has 0 unspecified atom stereocenters. The van der Waals surface area contributed by atoms with Crippen molar-refractivity contribution in [3.8, 4) is 5.69 Å². The number of amides is 2. The Morgan fingerprint density at radius 3 is 2.42 bits per heavy atom. The molecule has 2 aromatic heterocycles. The number of imide groups is 1. The van der Waals surface area contributed by atoms with Crippen molar-refractivity contribution in [2.24, 2.45) is 0 Å². The number of ether oxygens (including phenoxy) is 1. The van der Waals surface area contributed by atoms with Gasteiger partial charge in [-0.25, -0.2) is 4.79 Å². The molecule has 33 heavy (non-hydrogen) atoms. The first-order valence-electron chi connectivity index (χ1n) is 10.4. The molecule has 1 aliphatic heterocycles. The molecule has 3 heterocycles. The number of nitrogens with zero attached hydrogens (tertiary/aromatic N) is 2. The Labute approximate surface area is 196 Å². The maximum Gasteiger partial charge on any atom is 0.373 e. The lowest BCUT2D eigenvalue weighted by Crippen LogP contribution is -2.27. The molecule has 3 aromatic rings. The number of hydrogen-bond acceptors (Lipinski definition) is 6. The fourth-order valence-corrected chi connectivity index (χ4v) is 4.85. The van der Waals surface area contributed by atoms with Crippen LogP contribution in [0.5, 0.6) is 0 Å². The van der Waals surface area contributed by atoms with Gasteiger partial charge in [-0.3, -0.25) is 14.5 Å². The van der Waals surface area contributed by atoms with Gasteiger partial charge in [0.2, 0.25) is 5.76 Å². The Bertz CT molecular complexity index is 1290. The number of furan rings is 1. The Balaban J connectivity index is 1.60. The van der Waals surface area contributed by atoms with Crippen molar-refractivity contribution in [1.29, 1.82) is 0 Å². The third-order valence-corrected chi connectivity index (χ3v) is 6.36. The lowest BCUT2D eigenvalue weighted by atomic mass is 10.1. The number of aromatic nitrogens is 1. The minimum Gasteiger partial charge on any atom is -0.463 e. The molecule has 1 aromatic carbocycles. The second kappa shape index (κ2) is 8.78. The second-order valence-electron chi connectivity index (χ2n) is 8.03. The van der Waals surface area contributed by atoms with Gasteiger partial charge in [0.1, 0.15) is 5.76 Å². The van der Waals surface area contributed by atoms with E-state index in [0.29, 0.717) is 10.7 Å².